The molecular weight excluding hydrogens is 864 g/mol. The van der Waals surface area contributed by atoms with Crippen LogP contribution in [0.4, 0.5) is 0 Å². The van der Waals surface area contributed by atoms with Gasteiger partial charge in [0.15, 0.2) is 0 Å². The number of imidazole rings is 3. The molecule has 0 aromatic carbocycles. The van der Waals surface area contributed by atoms with Crippen molar-refractivity contribution in [2.24, 2.45) is 0 Å². The molecule has 0 unspecified atom stereocenters. The van der Waals surface area contributed by atoms with Gasteiger partial charge in [0, 0.05) is 76.1 Å². The second-order valence-electron chi connectivity index (χ2n) is 19.5. The molecule has 0 bridgehead atoms. The Morgan fingerprint density at radius 1 is 0.324 bits per heavy atom. The Labute approximate surface area is 420 Å². The minimum atomic E-state index is -4.64. The Balaban J connectivity index is 0.000000941. The number of hydrogen-bond donors (Lipinski definition) is 3. The van der Waals surface area contributed by atoms with Crippen LogP contribution in [0.2, 0.25) is 0 Å². The van der Waals surface area contributed by atoms with Crippen molar-refractivity contribution in [1.29, 1.82) is 0 Å². The molecular formula is C57H111N6O4P. The summed E-state index contributed by atoms with van der Waals surface area (Å²) in [6, 6.07) is 0. The Morgan fingerprint density at radius 2 is 0.500 bits per heavy atom. The van der Waals surface area contributed by atoms with Crippen LogP contribution in [0.1, 0.15) is 290 Å². The maximum atomic E-state index is 8.88. The summed E-state index contributed by atoms with van der Waals surface area (Å²) < 4.78 is 16.0. The first-order chi connectivity index (χ1) is 33.1. The highest BCUT2D eigenvalue weighted by Gasteiger charge is 2.06. The van der Waals surface area contributed by atoms with Gasteiger partial charge < -0.3 is 28.4 Å². The van der Waals surface area contributed by atoms with Gasteiger partial charge in [-0.1, -0.05) is 234 Å². The van der Waals surface area contributed by atoms with Crippen LogP contribution in [0, 0.1) is 0 Å². The Kier molecular flexibility index (Phi) is 48.1. The SMILES string of the molecule is CCCCCCCCc1nccn1CCCCCCCC.CCCCCCCCc1nccn1CCCCCCCC.CCCCCCCCc1nccn1CCCCCCCC.O=P(O)(O)O. The van der Waals surface area contributed by atoms with E-state index in [1.165, 1.54) is 249 Å². The van der Waals surface area contributed by atoms with E-state index in [4.69, 9.17) is 19.2 Å². The lowest BCUT2D eigenvalue weighted by molar-refractivity contribution is 0.275. The van der Waals surface area contributed by atoms with Gasteiger partial charge in [-0.25, -0.2) is 19.5 Å². The van der Waals surface area contributed by atoms with Gasteiger partial charge in [-0.2, -0.15) is 0 Å². The van der Waals surface area contributed by atoms with Gasteiger partial charge in [0.05, 0.1) is 0 Å². The molecule has 3 heterocycles. The van der Waals surface area contributed by atoms with Crippen LogP contribution in [-0.2, 0) is 43.5 Å². The van der Waals surface area contributed by atoms with Gasteiger partial charge in [0.25, 0.3) is 0 Å². The van der Waals surface area contributed by atoms with Crippen molar-refractivity contribution in [3.8, 4) is 0 Å². The summed E-state index contributed by atoms with van der Waals surface area (Å²) in [4.78, 5) is 35.2. The molecule has 0 aliphatic rings. The van der Waals surface area contributed by atoms with Crippen LogP contribution in [0.5, 0.6) is 0 Å². The van der Waals surface area contributed by atoms with E-state index in [0.29, 0.717) is 0 Å². The van der Waals surface area contributed by atoms with Gasteiger partial charge in [0.1, 0.15) is 17.5 Å². The Bertz CT molecular complexity index is 1230. The van der Waals surface area contributed by atoms with Gasteiger partial charge in [-0.05, 0) is 38.5 Å². The molecule has 0 radical (unpaired) electrons. The van der Waals surface area contributed by atoms with Crippen LogP contribution < -0.4 is 0 Å². The minimum Gasteiger partial charge on any atom is -0.335 e. The number of unbranched alkanes of at least 4 members (excludes halogenated alkanes) is 30. The molecule has 3 N–H and O–H groups in total. The molecule has 0 atom stereocenters. The largest absolute Gasteiger partial charge is 0.466 e. The number of nitrogens with zero attached hydrogens (tertiary/aromatic N) is 6. The van der Waals surface area contributed by atoms with E-state index in [2.05, 4.69) is 88.8 Å². The van der Waals surface area contributed by atoms with Crippen LogP contribution in [0.15, 0.2) is 37.2 Å². The summed E-state index contributed by atoms with van der Waals surface area (Å²) in [6.45, 7) is 17.2. The van der Waals surface area contributed by atoms with Crippen LogP contribution in [-0.4, -0.2) is 43.3 Å². The third-order valence-corrected chi connectivity index (χ3v) is 12.9. The zero-order chi connectivity index (χ0) is 50.0. The highest BCUT2D eigenvalue weighted by atomic mass is 31.2. The van der Waals surface area contributed by atoms with E-state index in [1.807, 2.05) is 18.6 Å². The second-order valence-corrected chi connectivity index (χ2v) is 20.5. The molecule has 68 heavy (non-hydrogen) atoms. The van der Waals surface area contributed by atoms with E-state index < -0.39 is 7.82 Å². The van der Waals surface area contributed by atoms with Gasteiger partial charge >= 0.3 is 7.82 Å². The Hall–Kier alpha value is -2.26. The summed E-state index contributed by atoms with van der Waals surface area (Å²) in [5.41, 5.74) is 0. The van der Waals surface area contributed by atoms with Crippen molar-refractivity contribution in [2.75, 3.05) is 0 Å². The van der Waals surface area contributed by atoms with E-state index in [0.717, 1.165) is 38.9 Å². The highest BCUT2D eigenvalue weighted by molar-refractivity contribution is 7.45. The monoisotopic (exact) mass is 975 g/mol. The molecule has 0 saturated heterocycles. The van der Waals surface area contributed by atoms with Crippen LogP contribution >= 0.6 is 7.82 Å². The lowest BCUT2D eigenvalue weighted by atomic mass is 10.1. The number of aromatic nitrogens is 6. The van der Waals surface area contributed by atoms with Crippen molar-refractivity contribution in [3.05, 3.63) is 54.7 Å². The first kappa shape index (κ1) is 65.7. The maximum absolute atomic E-state index is 8.88. The van der Waals surface area contributed by atoms with E-state index >= 15 is 0 Å². The first-order valence-corrected chi connectivity index (χ1v) is 30.5. The predicted molar refractivity (Wildman–Crippen MR) is 292 cm³/mol. The average molecular weight is 976 g/mol. The van der Waals surface area contributed by atoms with E-state index in [9.17, 15) is 0 Å². The summed E-state index contributed by atoms with van der Waals surface area (Å²) in [7, 11) is -4.64. The molecule has 0 aliphatic heterocycles. The summed E-state index contributed by atoms with van der Waals surface area (Å²) >= 11 is 0. The highest BCUT2D eigenvalue weighted by Crippen LogP contribution is 2.26. The van der Waals surface area contributed by atoms with Gasteiger partial charge in [-0.3, -0.25) is 0 Å². The quantitative estimate of drug-likeness (QED) is 0.0380. The molecule has 3 rings (SSSR count). The zero-order valence-electron chi connectivity index (χ0n) is 45.5. The fourth-order valence-electron chi connectivity index (χ4n) is 8.69. The molecule has 3 aromatic heterocycles. The van der Waals surface area contributed by atoms with Crippen molar-refractivity contribution in [3.63, 3.8) is 0 Å². The average Bonchev–Trinajstić information content (AvgIpc) is 4.10. The summed E-state index contributed by atoms with van der Waals surface area (Å²) in [5, 5.41) is 0. The molecule has 0 saturated carbocycles. The lowest BCUT2D eigenvalue weighted by Crippen LogP contribution is -2.03. The molecule has 3 aromatic rings. The standard InChI is InChI=1S/3C19H36N2.H3O4P/c3*1-3-5-7-9-11-13-15-19-20-16-18-21(19)17-14-12-10-8-6-4-2;1-5(2,3)4/h3*16,18H,3-15,17H2,1-2H3;(H3,1,2,3,4). The number of rotatable bonds is 42. The van der Waals surface area contributed by atoms with Gasteiger partial charge in [0.2, 0.25) is 0 Å². The molecule has 0 fully saturated rings. The second kappa shape index (κ2) is 49.7. The minimum absolute atomic E-state index is 1.16. The lowest BCUT2D eigenvalue weighted by Gasteiger charge is -2.08. The van der Waals surface area contributed by atoms with Gasteiger partial charge in [-0.15, -0.1) is 0 Å². The third kappa shape index (κ3) is 43.7. The maximum Gasteiger partial charge on any atom is 0.466 e. The third-order valence-electron chi connectivity index (χ3n) is 12.9. The van der Waals surface area contributed by atoms with Crippen molar-refractivity contribution in [2.45, 2.75) is 312 Å². The molecule has 0 aliphatic carbocycles. The number of phosphoric acid groups is 1. The van der Waals surface area contributed by atoms with Crippen LogP contribution in [0.25, 0.3) is 0 Å². The molecule has 0 spiro atoms. The fourth-order valence-corrected chi connectivity index (χ4v) is 8.69. The fraction of sp³-hybridized carbons (Fsp3) is 0.842. The topological polar surface area (TPSA) is 131 Å². The van der Waals surface area contributed by atoms with E-state index in [1.54, 1.807) is 0 Å². The summed E-state index contributed by atoms with van der Waals surface area (Å²) in [5.74, 6) is 3.91. The molecule has 11 heteroatoms. The molecule has 0 amide bonds. The van der Waals surface area contributed by atoms with Crippen molar-refractivity contribution in [1.82, 2.24) is 28.7 Å². The molecule has 398 valence electrons. The molecule has 10 nitrogen and oxygen atoms in total. The number of aryl methyl sites for hydroxylation is 6. The predicted octanol–water partition coefficient (Wildman–Crippen LogP) is 17.5. The zero-order valence-corrected chi connectivity index (χ0v) is 46.4. The normalized spacial score (nSPS) is 11.2. The number of hydrogen-bond acceptors (Lipinski definition) is 4. The first-order valence-electron chi connectivity index (χ1n) is 28.9. The van der Waals surface area contributed by atoms with Crippen molar-refractivity contribution < 1.29 is 19.2 Å². The smallest absolute Gasteiger partial charge is 0.335 e. The summed E-state index contributed by atoms with van der Waals surface area (Å²) in [6.07, 6.45) is 65.2. The van der Waals surface area contributed by atoms with Crippen LogP contribution in [0.3, 0.4) is 0 Å². The van der Waals surface area contributed by atoms with Crippen molar-refractivity contribution >= 4 is 7.82 Å². The van der Waals surface area contributed by atoms with E-state index in [-0.39, 0.29) is 0 Å². The Morgan fingerprint density at radius 3 is 0.706 bits per heavy atom.